The maximum atomic E-state index is 12.6. The van der Waals surface area contributed by atoms with Crippen molar-refractivity contribution in [2.75, 3.05) is 18.0 Å². The molecule has 0 N–H and O–H groups in total. The van der Waals surface area contributed by atoms with Gasteiger partial charge in [-0.05, 0) is 42.8 Å². The summed E-state index contributed by atoms with van der Waals surface area (Å²) in [4.78, 5) is 19.1. The van der Waals surface area contributed by atoms with Crippen LogP contribution in [0.5, 0.6) is 11.5 Å². The summed E-state index contributed by atoms with van der Waals surface area (Å²) in [5.74, 6) is 0.271. The summed E-state index contributed by atoms with van der Waals surface area (Å²) in [6.07, 6.45) is -3.44. The summed E-state index contributed by atoms with van der Waals surface area (Å²) in [5.41, 5.74) is 2.03. The first kappa shape index (κ1) is 23.4. The number of ether oxygens (including phenoxy) is 2. The van der Waals surface area contributed by atoms with E-state index in [0.717, 1.165) is 6.42 Å². The maximum absolute atomic E-state index is 12.6. The van der Waals surface area contributed by atoms with Gasteiger partial charge in [0.25, 0.3) is 5.56 Å². The number of piperidine rings is 1. The lowest BCUT2D eigenvalue weighted by Gasteiger charge is -2.39. The lowest BCUT2D eigenvalue weighted by Crippen LogP contribution is -2.46. The lowest BCUT2D eigenvalue weighted by atomic mass is 9.91. The summed E-state index contributed by atoms with van der Waals surface area (Å²) in [6.45, 7) is 3.24. The molecule has 1 saturated heterocycles. The molecule has 0 saturated carbocycles. The van der Waals surface area contributed by atoms with Gasteiger partial charge in [-0.3, -0.25) is 4.79 Å². The van der Waals surface area contributed by atoms with E-state index in [-0.39, 0.29) is 29.0 Å². The number of halogens is 3. The molecule has 4 rings (SSSR count). The molecule has 2 atom stereocenters. The van der Waals surface area contributed by atoms with Gasteiger partial charge in [0.2, 0.25) is 0 Å². The van der Waals surface area contributed by atoms with E-state index in [2.05, 4.69) is 14.6 Å². The number of anilines is 1. The minimum atomic E-state index is -4.74. The third kappa shape index (κ3) is 4.93. The molecule has 10 heteroatoms. The van der Waals surface area contributed by atoms with E-state index >= 15 is 0 Å². The molecule has 1 aromatic carbocycles. The van der Waals surface area contributed by atoms with E-state index in [1.807, 2.05) is 13.0 Å². The Morgan fingerprint density at radius 3 is 2.53 bits per heavy atom. The molecule has 3 heterocycles. The van der Waals surface area contributed by atoms with Gasteiger partial charge in [-0.25, -0.2) is 4.98 Å². The van der Waals surface area contributed by atoms with Gasteiger partial charge in [0.15, 0.2) is 0 Å². The Labute approximate surface area is 194 Å². The number of aromatic nitrogens is 2. The lowest BCUT2D eigenvalue weighted by molar-refractivity contribution is -0.274. The molecule has 1 aliphatic rings. The third-order valence-corrected chi connectivity index (χ3v) is 6.06. The number of nitrogens with zero attached hydrogens (tertiary/aromatic N) is 4. The number of alkyl halides is 3. The van der Waals surface area contributed by atoms with Crippen LogP contribution in [0.1, 0.15) is 25.5 Å². The van der Waals surface area contributed by atoms with Crippen molar-refractivity contribution >= 4 is 16.7 Å². The molecule has 2 aromatic heterocycles. The number of hydrogen-bond donors (Lipinski definition) is 0. The van der Waals surface area contributed by atoms with Gasteiger partial charge >= 0.3 is 6.36 Å². The van der Waals surface area contributed by atoms with Crippen molar-refractivity contribution in [3.8, 4) is 17.6 Å². The molecule has 0 aliphatic carbocycles. The van der Waals surface area contributed by atoms with Gasteiger partial charge < -0.3 is 18.9 Å². The molecule has 178 valence electrons. The number of nitriles is 1. The van der Waals surface area contributed by atoms with Gasteiger partial charge in [-0.2, -0.15) is 5.26 Å². The summed E-state index contributed by atoms with van der Waals surface area (Å²) in [7, 11) is 1.67. The second kappa shape index (κ2) is 9.25. The molecule has 34 heavy (non-hydrogen) atoms. The number of fused-ring (bicyclic) bond motifs is 1. The van der Waals surface area contributed by atoms with Crippen LogP contribution >= 0.6 is 0 Å². The van der Waals surface area contributed by atoms with Crippen LogP contribution in [-0.4, -0.2) is 35.1 Å². The zero-order chi connectivity index (χ0) is 24.5. The third-order valence-electron chi connectivity index (χ3n) is 6.06. The van der Waals surface area contributed by atoms with Crippen molar-refractivity contribution in [2.45, 2.75) is 32.2 Å². The number of benzene rings is 1. The van der Waals surface area contributed by atoms with Crippen molar-refractivity contribution in [3.63, 3.8) is 0 Å². The average molecular weight is 472 g/mol. The van der Waals surface area contributed by atoms with Gasteiger partial charge in [0, 0.05) is 38.5 Å². The van der Waals surface area contributed by atoms with Gasteiger partial charge in [0.1, 0.15) is 34.9 Å². The molecule has 7 nitrogen and oxygen atoms in total. The molecule has 1 unspecified atom stereocenters. The Balaban J connectivity index is 1.54. The molecular weight excluding hydrogens is 449 g/mol. The Morgan fingerprint density at radius 2 is 1.88 bits per heavy atom. The SMILES string of the molecule is CCC1CN(c2cc(=O)n(C)c3ccc(C#N)nc23)CC[C@H]1Oc1ccc(OC(F)(F)F)cc1. The quantitative estimate of drug-likeness (QED) is 0.548. The van der Waals surface area contributed by atoms with Crippen LogP contribution in [0.3, 0.4) is 0 Å². The molecule has 0 radical (unpaired) electrons. The predicted octanol–water partition coefficient (Wildman–Crippen LogP) is 4.39. The molecule has 1 aliphatic heterocycles. The average Bonchev–Trinajstić information content (AvgIpc) is 2.81. The molecule has 0 spiro atoms. The molecule has 0 amide bonds. The first-order valence-electron chi connectivity index (χ1n) is 10.9. The summed E-state index contributed by atoms with van der Waals surface area (Å²) >= 11 is 0. The second-order valence-corrected chi connectivity index (χ2v) is 8.18. The highest BCUT2D eigenvalue weighted by Crippen LogP contribution is 2.32. The topological polar surface area (TPSA) is 80.4 Å². The fourth-order valence-electron chi connectivity index (χ4n) is 4.29. The molecule has 1 fully saturated rings. The number of hydrogen-bond acceptors (Lipinski definition) is 6. The van der Waals surface area contributed by atoms with Gasteiger partial charge in [-0.1, -0.05) is 6.92 Å². The van der Waals surface area contributed by atoms with Crippen LogP contribution in [0.2, 0.25) is 0 Å². The zero-order valence-electron chi connectivity index (χ0n) is 18.7. The Kier molecular flexibility index (Phi) is 6.37. The van der Waals surface area contributed by atoms with Crippen LogP contribution in [0.25, 0.3) is 11.0 Å². The summed E-state index contributed by atoms with van der Waals surface area (Å²) in [6, 6.07) is 12.3. The van der Waals surface area contributed by atoms with E-state index in [4.69, 9.17) is 4.74 Å². The van der Waals surface area contributed by atoms with Gasteiger partial charge in [0.05, 0.1) is 11.2 Å². The van der Waals surface area contributed by atoms with Gasteiger partial charge in [-0.15, -0.1) is 13.2 Å². The second-order valence-electron chi connectivity index (χ2n) is 8.18. The van der Waals surface area contributed by atoms with E-state index in [1.54, 1.807) is 25.2 Å². The predicted molar refractivity (Wildman–Crippen MR) is 120 cm³/mol. The number of rotatable bonds is 5. The fraction of sp³-hybridized carbons (Fsp3) is 0.375. The van der Waals surface area contributed by atoms with Crippen molar-refractivity contribution < 1.29 is 22.6 Å². The Hall–Kier alpha value is -3.74. The van der Waals surface area contributed by atoms with Crippen molar-refractivity contribution in [1.29, 1.82) is 5.26 Å². The molecule has 0 bridgehead atoms. The van der Waals surface area contributed by atoms with E-state index in [0.29, 0.717) is 42.0 Å². The monoisotopic (exact) mass is 472 g/mol. The Bertz CT molecular complexity index is 1280. The summed E-state index contributed by atoms with van der Waals surface area (Å²) < 4.78 is 48.6. The van der Waals surface area contributed by atoms with Crippen LogP contribution in [-0.2, 0) is 7.05 Å². The number of pyridine rings is 2. The molecular formula is C24H23F3N4O3. The first-order chi connectivity index (χ1) is 16.2. The highest BCUT2D eigenvalue weighted by molar-refractivity contribution is 5.88. The highest BCUT2D eigenvalue weighted by Gasteiger charge is 2.32. The van der Waals surface area contributed by atoms with E-state index in [1.165, 1.54) is 28.8 Å². The fourth-order valence-corrected chi connectivity index (χ4v) is 4.29. The smallest absolute Gasteiger partial charge is 0.490 e. The minimum Gasteiger partial charge on any atom is -0.490 e. The van der Waals surface area contributed by atoms with Crippen molar-refractivity contribution in [2.24, 2.45) is 13.0 Å². The van der Waals surface area contributed by atoms with Crippen LogP contribution in [0, 0.1) is 17.2 Å². The highest BCUT2D eigenvalue weighted by atomic mass is 19.4. The van der Waals surface area contributed by atoms with Crippen molar-refractivity contribution in [3.05, 3.63) is 58.5 Å². The van der Waals surface area contributed by atoms with Crippen molar-refractivity contribution in [1.82, 2.24) is 9.55 Å². The van der Waals surface area contributed by atoms with Crippen LogP contribution in [0.4, 0.5) is 18.9 Å². The zero-order valence-corrected chi connectivity index (χ0v) is 18.7. The van der Waals surface area contributed by atoms with E-state index in [9.17, 15) is 23.2 Å². The molecule has 3 aromatic rings. The van der Waals surface area contributed by atoms with Crippen LogP contribution in [0.15, 0.2) is 47.3 Å². The summed E-state index contributed by atoms with van der Waals surface area (Å²) in [5, 5.41) is 9.28. The standard InChI is InChI=1S/C24H23F3N4O3/c1-3-15-14-31(20-12-22(32)30(2)19-9-4-16(13-28)29-23(19)20)11-10-21(15)33-17-5-7-18(8-6-17)34-24(25,26)27/h4-9,12,15,21H,3,10-11,14H2,1-2H3/t15?,21-/m1/s1. The van der Waals surface area contributed by atoms with Crippen LogP contribution < -0.4 is 19.9 Å². The van der Waals surface area contributed by atoms with E-state index < -0.39 is 6.36 Å². The first-order valence-corrected chi connectivity index (χ1v) is 10.9. The Morgan fingerprint density at radius 1 is 1.18 bits per heavy atom. The largest absolute Gasteiger partial charge is 0.573 e. The number of aryl methyl sites for hydroxylation is 1. The maximum Gasteiger partial charge on any atom is 0.573 e. The normalized spacial score (nSPS) is 18.5. The minimum absolute atomic E-state index is 0.109.